The molecule has 0 radical (unpaired) electrons. The minimum absolute atomic E-state index is 0.312. The van der Waals surface area contributed by atoms with Gasteiger partial charge in [-0.1, -0.05) is 53.2 Å². The Morgan fingerprint density at radius 1 is 0.828 bits per heavy atom. The summed E-state index contributed by atoms with van der Waals surface area (Å²) in [7, 11) is 0. The van der Waals surface area contributed by atoms with Crippen molar-refractivity contribution in [1.82, 2.24) is 0 Å². The molecule has 0 unspecified atom stereocenters. The van der Waals surface area contributed by atoms with Crippen LogP contribution in [0.3, 0.4) is 0 Å². The van der Waals surface area contributed by atoms with Crippen molar-refractivity contribution < 1.29 is 19.4 Å². The van der Waals surface area contributed by atoms with Crippen molar-refractivity contribution in [3.8, 4) is 17.2 Å². The van der Waals surface area contributed by atoms with E-state index in [0.29, 0.717) is 47.7 Å². The van der Waals surface area contributed by atoms with E-state index in [9.17, 15) is 0 Å². The van der Waals surface area contributed by atoms with Crippen LogP contribution in [-0.4, -0.2) is 18.0 Å². The number of hydrogen-bond donors (Lipinski definition) is 1. The summed E-state index contributed by atoms with van der Waals surface area (Å²) in [5.74, 6) is 1.91. The van der Waals surface area contributed by atoms with Gasteiger partial charge in [0.05, 0.1) is 12.8 Å². The third-order valence-electron chi connectivity index (χ3n) is 4.11. The SMILES string of the molecule is CCOc1cc(COc2ccc(Cl)cc2/C=N/O)ccc1OCc1ccccc1. The van der Waals surface area contributed by atoms with Gasteiger partial charge in [-0.15, -0.1) is 0 Å². The van der Waals surface area contributed by atoms with Gasteiger partial charge in [0.2, 0.25) is 0 Å². The maximum atomic E-state index is 8.82. The van der Waals surface area contributed by atoms with Crippen LogP contribution in [0.1, 0.15) is 23.6 Å². The normalized spacial score (nSPS) is 10.8. The molecule has 3 rings (SSSR count). The van der Waals surface area contributed by atoms with Crippen LogP contribution in [0.5, 0.6) is 17.2 Å². The van der Waals surface area contributed by atoms with E-state index < -0.39 is 0 Å². The molecule has 0 amide bonds. The summed E-state index contributed by atoms with van der Waals surface area (Å²) in [6.07, 6.45) is 1.29. The molecular formula is C23H22ClNO4. The Morgan fingerprint density at radius 3 is 2.31 bits per heavy atom. The molecule has 0 aliphatic carbocycles. The summed E-state index contributed by atoms with van der Waals surface area (Å²) in [4.78, 5) is 0. The van der Waals surface area contributed by atoms with Crippen LogP contribution in [-0.2, 0) is 13.2 Å². The van der Waals surface area contributed by atoms with Crippen LogP contribution in [0, 0.1) is 0 Å². The highest BCUT2D eigenvalue weighted by Gasteiger charge is 2.09. The lowest BCUT2D eigenvalue weighted by molar-refractivity contribution is 0.267. The number of rotatable bonds is 9. The highest BCUT2D eigenvalue weighted by molar-refractivity contribution is 6.30. The first-order chi connectivity index (χ1) is 14.2. The zero-order valence-electron chi connectivity index (χ0n) is 16.0. The molecule has 0 aliphatic heterocycles. The minimum atomic E-state index is 0.312. The molecule has 0 heterocycles. The van der Waals surface area contributed by atoms with Crippen molar-refractivity contribution in [2.45, 2.75) is 20.1 Å². The number of halogens is 1. The average molecular weight is 412 g/mol. The number of benzene rings is 3. The molecule has 0 aromatic heterocycles. The molecule has 6 heteroatoms. The van der Waals surface area contributed by atoms with Gasteiger partial charge >= 0.3 is 0 Å². The summed E-state index contributed by atoms with van der Waals surface area (Å²) >= 11 is 5.99. The van der Waals surface area contributed by atoms with Gasteiger partial charge in [-0.05, 0) is 48.4 Å². The fourth-order valence-electron chi connectivity index (χ4n) is 2.74. The maximum Gasteiger partial charge on any atom is 0.161 e. The quantitative estimate of drug-likeness (QED) is 0.278. The summed E-state index contributed by atoms with van der Waals surface area (Å²) < 4.78 is 17.6. The zero-order valence-corrected chi connectivity index (χ0v) is 16.8. The number of ether oxygens (including phenoxy) is 3. The topological polar surface area (TPSA) is 60.3 Å². The van der Waals surface area contributed by atoms with Crippen molar-refractivity contribution in [1.29, 1.82) is 0 Å². The molecule has 0 atom stereocenters. The van der Waals surface area contributed by atoms with Gasteiger partial charge in [-0.25, -0.2) is 0 Å². The fraction of sp³-hybridized carbons (Fsp3) is 0.174. The molecule has 0 bridgehead atoms. The van der Waals surface area contributed by atoms with Crippen LogP contribution < -0.4 is 14.2 Å². The molecule has 3 aromatic rings. The lowest BCUT2D eigenvalue weighted by Crippen LogP contribution is -2.02. The van der Waals surface area contributed by atoms with E-state index in [-0.39, 0.29) is 0 Å². The van der Waals surface area contributed by atoms with Crippen molar-refractivity contribution in [3.05, 3.63) is 88.4 Å². The summed E-state index contributed by atoms with van der Waals surface area (Å²) in [5, 5.41) is 12.4. The van der Waals surface area contributed by atoms with Crippen molar-refractivity contribution in [2.75, 3.05) is 6.61 Å². The largest absolute Gasteiger partial charge is 0.490 e. The smallest absolute Gasteiger partial charge is 0.161 e. The summed E-state index contributed by atoms with van der Waals surface area (Å²) in [6.45, 7) is 3.23. The van der Waals surface area contributed by atoms with Crippen molar-refractivity contribution >= 4 is 17.8 Å². The Bertz CT molecular complexity index is 960. The molecule has 29 heavy (non-hydrogen) atoms. The first-order valence-corrected chi connectivity index (χ1v) is 9.59. The van der Waals surface area contributed by atoms with Crippen LogP contribution in [0.4, 0.5) is 0 Å². The predicted octanol–water partition coefficient (Wildman–Crippen LogP) is 5.70. The molecular weight excluding hydrogens is 390 g/mol. The molecule has 0 fully saturated rings. The second-order valence-electron chi connectivity index (χ2n) is 6.20. The third-order valence-corrected chi connectivity index (χ3v) is 4.34. The van der Waals surface area contributed by atoms with E-state index in [1.54, 1.807) is 18.2 Å². The van der Waals surface area contributed by atoms with Gasteiger partial charge in [0.25, 0.3) is 0 Å². The van der Waals surface area contributed by atoms with Crippen LogP contribution in [0.2, 0.25) is 5.02 Å². The van der Waals surface area contributed by atoms with Gasteiger partial charge in [-0.3, -0.25) is 0 Å². The third kappa shape index (κ3) is 5.90. The molecule has 1 N–H and O–H groups in total. The maximum absolute atomic E-state index is 8.82. The summed E-state index contributed by atoms with van der Waals surface area (Å²) in [6, 6.07) is 20.8. The Balaban J connectivity index is 1.71. The fourth-order valence-corrected chi connectivity index (χ4v) is 2.92. The van der Waals surface area contributed by atoms with Gasteiger partial charge < -0.3 is 19.4 Å². The molecule has 3 aromatic carbocycles. The predicted molar refractivity (Wildman–Crippen MR) is 114 cm³/mol. The molecule has 5 nitrogen and oxygen atoms in total. The van der Waals surface area contributed by atoms with Crippen LogP contribution in [0.15, 0.2) is 71.9 Å². The molecule has 150 valence electrons. The Kier molecular flexibility index (Phi) is 7.36. The Morgan fingerprint density at radius 2 is 1.55 bits per heavy atom. The van der Waals surface area contributed by atoms with E-state index in [2.05, 4.69) is 5.16 Å². The second-order valence-corrected chi connectivity index (χ2v) is 6.64. The van der Waals surface area contributed by atoms with Gasteiger partial charge in [0.15, 0.2) is 11.5 Å². The molecule has 0 saturated heterocycles. The highest BCUT2D eigenvalue weighted by Crippen LogP contribution is 2.30. The second kappa shape index (κ2) is 10.4. The monoisotopic (exact) mass is 411 g/mol. The van der Waals surface area contributed by atoms with E-state index >= 15 is 0 Å². The molecule has 0 saturated carbocycles. The van der Waals surface area contributed by atoms with Gasteiger partial charge in [0, 0.05) is 10.6 Å². The first kappa shape index (κ1) is 20.6. The Hall–Kier alpha value is -3.18. The number of oxime groups is 1. The van der Waals surface area contributed by atoms with Crippen LogP contribution in [0.25, 0.3) is 0 Å². The van der Waals surface area contributed by atoms with Crippen molar-refractivity contribution in [3.63, 3.8) is 0 Å². The van der Waals surface area contributed by atoms with E-state index in [1.165, 1.54) is 6.21 Å². The molecule has 0 spiro atoms. The lowest BCUT2D eigenvalue weighted by Gasteiger charge is -2.14. The summed E-state index contributed by atoms with van der Waals surface area (Å²) in [5.41, 5.74) is 2.60. The van der Waals surface area contributed by atoms with E-state index in [1.807, 2.05) is 55.5 Å². The molecule has 0 aliphatic rings. The van der Waals surface area contributed by atoms with Gasteiger partial charge in [0.1, 0.15) is 19.0 Å². The van der Waals surface area contributed by atoms with Gasteiger partial charge in [-0.2, -0.15) is 0 Å². The standard InChI is InChI=1S/C23H22ClNO4/c1-2-27-23-12-18(8-10-22(23)29-15-17-6-4-3-5-7-17)16-28-21-11-9-20(24)13-19(21)14-25-26/h3-14,26H,2,15-16H2,1H3/b25-14+. The van der Waals surface area contributed by atoms with E-state index in [0.717, 1.165) is 11.1 Å². The van der Waals surface area contributed by atoms with E-state index in [4.69, 9.17) is 31.0 Å². The zero-order chi connectivity index (χ0) is 20.5. The first-order valence-electron chi connectivity index (χ1n) is 9.22. The number of hydrogen-bond acceptors (Lipinski definition) is 5. The minimum Gasteiger partial charge on any atom is -0.490 e. The average Bonchev–Trinajstić information content (AvgIpc) is 2.74. The number of nitrogens with zero attached hydrogens (tertiary/aromatic N) is 1. The van der Waals surface area contributed by atoms with Crippen LogP contribution >= 0.6 is 11.6 Å². The highest BCUT2D eigenvalue weighted by atomic mass is 35.5. The Labute approximate surface area is 175 Å². The lowest BCUT2D eigenvalue weighted by atomic mass is 10.2. The van der Waals surface area contributed by atoms with Crippen molar-refractivity contribution in [2.24, 2.45) is 5.16 Å².